The monoisotopic (exact) mass is 229 g/mol. The Bertz CT molecular complexity index is 468. The van der Waals surface area contributed by atoms with Gasteiger partial charge in [-0.3, -0.25) is 9.59 Å². The second kappa shape index (κ2) is 4.82. The van der Waals surface area contributed by atoms with Crippen molar-refractivity contribution in [2.75, 3.05) is 6.54 Å². The summed E-state index contributed by atoms with van der Waals surface area (Å²) in [6.07, 6.45) is 2.43. The number of allylic oxidation sites excluding steroid dienone is 1. The highest BCUT2D eigenvalue weighted by Crippen LogP contribution is 2.20. The van der Waals surface area contributed by atoms with Crippen molar-refractivity contribution in [1.29, 1.82) is 0 Å². The van der Waals surface area contributed by atoms with E-state index in [0.717, 1.165) is 11.1 Å². The smallest absolute Gasteiger partial charge is 0.268 e. The summed E-state index contributed by atoms with van der Waals surface area (Å²) in [7, 11) is 0. The summed E-state index contributed by atoms with van der Waals surface area (Å²) in [4.78, 5) is 23.0. The molecule has 1 atom stereocenters. The van der Waals surface area contributed by atoms with E-state index in [1.807, 2.05) is 24.3 Å². The average molecular weight is 229 g/mol. The highest BCUT2D eigenvalue weighted by molar-refractivity contribution is 5.95. The molecule has 1 unspecified atom stereocenters. The van der Waals surface area contributed by atoms with Crippen molar-refractivity contribution in [2.24, 2.45) is 0 Å². The third-order valence-corrected chi connectivity index (χ3v) is 2.66. The molecule has 1 aliphatic heterocycles. The van der Waals surface area contributed by atoms with Crippen LogP contribution in [0.5, 0.6) is 0 Å². The number of nitrogens with one attached hydrogen (secondary N) is 1. The van der Waals surface area contributed by atoms with Crippen LogP contribution in [0.4, 0.5) is 0 Å². The Kier molecular flexibility index (Phi) is 3.23. The molecule has 1 heterocycles. The van der Waals surface area contributed by atoms with Crippen LogP contribution in [-0.4, -0.2) is 18.4 Å². The van der Waals surface area contributed by atoms with Gasteiger partial charge in [0.15, 0.2) is 0 Å². The summed E-state index contributed by atoms with van der Waals surface area (Å²) in [5.74, 6) is -0.510. The number of amides is 2. The molecule has 1 aromatic carbocycles. The Hall–Kier alpha value is -2.10. The summed E-state index contributed by atoms with van der Waals surface area (Å²) in [5.41, 5.74) is 1.78. The van der Waals surface area contributed by atoms with Crippen molar-refractivity contribution in [3.8, 4) is 0 Å². The molecule has 2 rings (SSSR count). The molecule has 87 valence electrons. The molecule has 2 amide bonds. The van der Waals surface area contributed by atoms with E-state index < -0.39 is 6.04 Å². The number of carbonyl (C=O) groups excluding carboxylic acids is 2. The Labute approximate surface area is 99.7 Å². The van der Waals surface area contributed by atoms with Crippen LogP contribution in [0.3, 0.4) is 0 Å². The largest absolute Gasteiger partial charge is 0.339 e. The van der Waals surface area contributed by atoms with Gasteiger partial charge in [-0.2, -0.15) is 0 Å². The molecule has 1 aromatic rings. The molecular formula is C13H13N2O2. The number of rotatable bonds is 3. The third-order valence-electron chi connectivity index (χ3n) is 2.66. The molecule has 0 saturated carbocycles. The van der Waals surface area contributed by atoms with E-state index in [1.165, 1.54) is 0 Å². The Morgan fingerprint density at radius 1 is 1.41 bits per heavy atom. The van der Waals surface area contributed by atoms with E-state index in [1.54, 1.807) is 6.08 Å². The molecule has 17 heavy (non-hydrogen) atoms. The van der Waals surface area contributed by atoms with Crippen LogP contribution < -0.4 is 10.6 Å². The Balaban J connectivity index is 2.34. The van der Waals surface area contributed by atoms with E-state index in [2.05, 4.69) is 17.2 Å². The lowest BCUT2D eigenvalue weighted by atomic mass is 9.96. The van der Waals surface area contributed by atoms with Gasteiger partial charge in [0.2, 0.25) is 5.91 Å². The molecule has 1 N–H and O–H groups in total. The predicted octanol–water partition coefficient (Wildman–Crippen LogP) is 0.717. The Morgan fingerprint density at radius 3 is 2.94 bits per heavy atom. The first kappa shape index (κ1) is 11.4. The number of carbonyl (C=O) groups is 2. The van der Waals surface area contributed by atoms with Crippen LogP contribution in [0, 0.1) is 0 Å². The minimum Gasteiger partial charge on any atom is -0.339 e. The second-order valence-corrected chi connectivity index (χ2v) is 3.85. The third kappa shape index (κ3) is 2.36. The number of piperazine rings is 1. The van der Waals surface area contributed by atoms with Gasteiger partial charge in [0.05, 0.1) is 0 Å². The van der Waals surface area contributed by atoms with Gasteiger partial charge in [-0.05, 0) is 17.5 Å². The normalized spacial score (nSPS) is 19.4. The minimum atomic E-state index is -0.646. The van der Waals surface area contributed by atoms with Crippen LogP contribution in [0.25, 0.3) is 0 Å². The molecule has 0 spiro atoms. The van der Waals surface area contributed by atoms with Gasteiger partial charge in [-0.15, -0.1) is 6.58 Å². The zero-order valence-electron chi connectivity index (χ0n) is 9.35. The van der Waals surface area contributed by atoms with Crippen molar-refractivity contribution >= 4 is 11.8 Å². The topological polar surface area (TPSA) is 60.3 Å². The van der Waals surface area contributed by atoms with Gasteiger partial charge in [0, 0.05) is 0 Å². The maximum Gasteiger partial charge on any atom is 0.268 e. The van der Waals surface area contributed by atoms with Gasteiger partial charge >= 0.3 is 0 Å². The van der Waals surface area contributed by atoms with Crippen LogP contribution in [-0.2, 0) is 16.0 Å². The fourth-order valence-electron chi connectivity index (χ4n) is 1.88. The first-order valence-electron chi connectivity index (χ1n) is 5.42. The van der Waals surface area contributed by atoms with Crippen LogP contribution in [0.15, 0.2) is 36.9 Å². The summed E-state index contributed by atoms with van der Waals surface area (Å²) < 4.78 is 0. The number of nitrogens with zero attached hydrogens (tertiary/aromatic N) is 1. The van der Waals surface area contributed by atoms with Gasteiger partial charge in [-0.1, -0.05) is 30.3 Å². The first-order chi connectivity index (χ1) is 8.22. The fraction of sp³-hybridized carbons (Fsp3) is 0.231. The standard InChI is InChI=1S/C13H13N2O2/c1-2-5-9-6-3-4-7-10(9)12-13(17)14-8-11(16)15-12/h2-4,6-7,12H,1,5,8H2,(H,15,16). The highest BCUT2D eigenvalue weighted by Gasteiger charge is 2.29. The number of hydrogen-bond donors (Lipinski definition) is 1. The first-order valence-corrected chi connectivity index (χ1v) is 5.42. The Morgan fingerprint density at radius 2 is 2.18 bits per heavy atom. The fourth-order valence-corrected chi connectivity index (χ4v) is 1.88. The second-order valence-electron chi connectivity index (χ2n) is 3.85. The molecule has 1 aliphatic rings. The maximum atomic E-state index is 11.7. The zero-order valence-corrected chi connectivity index (χ0v) is 9.35. The van der Waals surface area contributed by atoms with Crippen LogP contribution in [0.1, 0.15) is 17.2 Å². The van der Waals surface area contributed by atoms with Crippen molar-refractivity contribution in [2.45, 2.75) is 12.5 Å². The van der Waals surface area contributed by atoms with E-state index >= 15 is 0 Å². The van der Waals surface area contributed by atoms with Crippen LogP contribution >= 0.6 is 0 Å². The van der Waals surface area contributed by atoms with E-state index in [4.69, 9.17) is 0 Å². The molecule has 4 nitrogen and oxygen atoms in total. The molecule has 1 radical (unpaired) electrons. The summed E-state index contributed by atoms with van der Waals surface area (Å²) in [6, 6.07) is 6.85. The quantitative estimate of drug-likeness (QED) is 0.776. The van der Waals surface area contributed by atoms with Crippen molar-refractivity contribution in [3.63, 3.8) is 0 Å². The van der Waals surface area contributed by atoms with Gasteiger partial charge in [-0.25, -0.2) is 5.32 Å². The molecule has 1 saturated heterocycles. The predicted molar refractivity (Wildman–Crippen MR) is 63.2 cm³/mol. The summed E-state index contributed by atoms with van der Waals surface area (Å²) in [5, 5.41) is 6.36. The van der Waals surface area contributed by atoms with Crippen molar-refractivity contribution < 1.29 is 9.59 Å². The summed E-state index contributed by atoms with van der Waals surface area (Å²) >= 11 is 0. The van der Waals surface area contributed by atoms with E-state index in [9.17, 15) is 9.59 Å². The molecule has 4 heteroatoms. The van der Waals surface area contributed by atoms with Gasteiger partial charge in [0.1, 0.15) is 12.6 Å². The molecular weight excluding hydrogens is 216 g/mol. The van der Waals surface area contributed by atoms with Crippen molar-refractivity contribution in [3.05, 3.63) is 48.0 Å². The van der Waals surface area contributed by atoms with Gasteiger partial charge in [0.25, 0.3) is 5.91 Å². The lowest BCUT2D eigenvalue weighted by Gasteiger charge is -2.23. The average Bonchev–Trinajstić information content (AvgIpc) is 2.34. The zero-order chi connectivity index (χ0) is 12.3. The minimum absolute atomic E-state index is 0.0705. The van der Waals surface area contributed by atoms with Crippen molar-refractivity contribution in [1.82, 2.24) is 10.6 Å². The number of benzene rings is 1. The highest BCUT2D eigenvalue weighted by atomic mass is 16.2. The van der Waals surface area contributed by atoms with Crippen LogP contribution in [0.2, 0.25) is 0 Å². The van der Waals surface area contributed by atoms with E-state index in [-0.39, 0.29) is 18.4 Å². The molecule has 0 bridgehead atoms. The van der Waals surface area contributed by atoms with E-state index in [0.29, 0.717) is 6.42 Å². The summed E-state index contributed by atoms with van der Waals surface area (Å²) in [6.45, 7) is 3.61. The SMILES string of the molecule is C=CCc1ccccc1C1NC(=O)C[N]C1=O. The molecule has 0 aromatic heterocycles. The number of hydrogen-bond acceptors (Lipinski definition) is 2. The molecule has 1 fully saturated rings. The lowest BCUT2D eigenvalue weighted by Crippen LogP contribution is -2.47. The van der Waals surface area contributed by atoms with Gasteiger partial charge < -0.3 is 5.32 Å². The molecule has 0 aliphatic carbocycles. The lowest BCUT2D eigenvalue weighted by molar-refractivity contribution is -0.134. The maximum absolute atomic E-state index is 11.7.